The van der Waals surface area contributed by atoms with E-state index >= 15 is 0 Å². The fraction of sp³-hybridized carbons (Fsp3) is 0.773. The molecule has 0 radical (unpaired) electrons. The zero-order chi connectivity index (χ0) is 20.1. The standard InChI is InChI=1S/C22H33N3O3/c1-13(26)28-15-8-10-21(2)14(12-15)4-5-16-17-6-7-19(24-25-20(23)27)22(17,3)11-9-18(16)21/h4,15-18H,5-12H2,1-3H3,(H3,23,25,27)/b24-19-/t15-,16+,17+,18+,21+,22+/m1/s1. The van der Waals surface area contributed by atoms with Crippen molar-refractivity contribution in [3.63, 3.8) is 0 Å². The number of esters is 1. The summed E-state index contributed by atoms with van der Waals surface area (Å²) in [5.74, 6) is 1.80. The van der Waals surface area contributed by atoms with Crippen LogP contribution in [-0.4, -0.2) is 23.8 Å². The molecule has 0 aromatic carbocycles. The number of hydrogen-bond donors (Lipinski definition) is 2. The molecule has 0 aromatic rings. The minimum atomic E-state index is -0.587. The summed E-state index contributed by atoms with van der Waals surface area (Å²) in [7, 11) is 0. The number of ether oxygens (including phenoxy) is 1. The lowest BCUT2D eigenvalue weighted by Crippen LogP contribution is -2.50. The van der Waals surface area contributed by atoms with Gasteiger partial charge in [0.1, 0.15) is 6.10 Å². The average Bonchev–Trinajstić information content (AvgIpc) is 2.96. The van der Waals surface area contributed by atoms with Gasteiger partial charge in [-0.15, -0.1) is 0 Å². The van der Waals surface area contributed by atoms with Gasteiger partial charge in [-0.1, -0.05) is 25.5 Å². The van der Waals surface area contributed by atoms with Crippen LogP contribution in [0, 0.1) is 28.6 Å². The Hall–Kier alpha value is -1.85. The monoisotopic (exact) mass is 387 g/mol. The van der Waals surface area contributed by atoms with Crippen LogP contribution in [0.5, 0.6) is 0 Å². The molecule has 3 N–H and O–H groups in total. The van der Waals surface area contributed by atoms with Gasteiger partial charge in [0.2, 0.25) is 0 Å². The molecule has 0 aliphatic heterocycles. The van der Waals surface area contributed by atoms with Crippen molar-refractivity contribution in [2.75, 3.05) is 0 Å². The molecule has 6 atom stereocenters. The summed E-state index contributed by atoms with van der Waals surface area (Å²) < 4.78 is 5.53. The molecule has 4 aliphatic rings. The number of amides is 2. The third-order valence-corrected chi connectivity index (χ3v) is 8.43. The molecule has 3 fully saturated rings. The van der Waals surface area contributed by atoms with Crippen LogP contribution in [0.15, 0.2) is 16.8 Å². The van der Waals surface area contributed by atoms with Crippen LogP contribution in [0.2, 0.25) is 0 Å². The van der Waals surface area contributed by atoms with Gasteiger partial charge >= 0.3 is 12.0 Å². The van der Waals surface area contributed by atoms with E-state index < -0.39 is 6.03 Å². The zero-order valence-corrected chi connectivity index (χ0v) is 17.3. The van der Waals surface area contributed by atoms with Gasteiger partial charge in [-0.3, -0.25) is 4.79 Å². The van der Waals surface area contributed by atoms with Crippen LogP contribution >= 0.6 is 0 Å². The molecule has 4 rings (SSSR count). The Labute approximate surface area is 167 Å². The number of hydrogen-bond acceptors (Lipinski definition) is 4. The second-order valence-electron chi connectivity index (χ2n) is 9.76. The number of nitrogens with two attached hydrogens (primary N) is 1. The lowest BCUT2D eigenvalue weighted by atomic mass is 9.48. The minimum absolute atomic E-state index is 0.0484. The Morgan fingerprint density at radius 2 is 1.89 bits per heavy atom. The number of fused-ring (bicyclic) bond motifs is 5. The molecule has 0 heterocycles. The van der Waals surface area contributed by atoms with E-state index in [-0.39, 0.29) is 22.9 Å². The van der Waals surface area contributed by atoms with E-state index in [1.54, 1.807) is 0 Å². The molecule has 6 nitrogen and oxygen atoms in total. The molecule has 4 aliphatic carbocycles. The van der Waals surface area contributed by atoms with Crippen molar-refractivity contribution in [1.29, 1.82) is 0 Å². The Morgan fingerprint density at radius 3 is 2.61 bits per heavy atom. The van der Waals surface area contributed by atoms with Crippen molar-refractivity contribution in [2.45, 2.75) is 78.2 Å². The van der Waals surface area contributed by atoms with Gasteiger partial charge in [0.15, 0.2) is 0 Å². The first-order valence-electron chi connectivity index (χ1n) is 10.7. The van der Waals surface area contributed by atoms with Gasteiger partial charge in [-0.05, 0) is 68.1 Å². The smallest absolute Gasteiger partial charge is 0.332 e. The molecular formula is C22H33N3O3. The SMILES string of the molecule is CC(=O)O[C@@H]1CC[C@@]2(C)C(=CC[C@@H]3[C@@H]2CC[C@]2(C)/C(=N\NC(N)=O)CC[C@@H]32)C1. The van der Waals surface area contributed by atoms with E-state index in [0.29, 0.717) is 17.8 Å². The molecule has 3 saturated carbocycles. The Bertz CT molecular complexity index is 745. The highest BCUT2D eigenvalue weighted by Gasteiger charge is 2.58. The van der Waals surface area contributed by atoms with Gasteiger partial charge in [0.05, 0.1) is 0 Å². The Balaban J connectivity index is 1.56. The van der Waals surface area contributed by atoms with E-state index in [9.17, 15) is 9.59 Å². The third kappa shape index (κ3) is 3.05. The van der Waals surface area contributed by atoms with E-state index in [4.69, 9.17) is 10.5 Å². The molecular weight excluding hydrogens is 354 g/mol. The number of urea groups is 1. The average molecular weight is 388 g/mol. The number of rotatable bonds is 2. The summed E-state index contributed by atoms with van der Waals surface area (Å²) in [6.45, 7) is 6.29. The predicted molar refractivity (Wildman–Crippen MR) is 107 cm³/mol. The topological polar surface area (TPSA) is 93.8 Å². The number of nitrogens with zero attached hydrogens (tertiary/aromatic N) is 1. The first kappa shape index (κ1) is 19.5. The lowest BCUT2D eigenvalue weighted by Gasteiger charge is -2.57. The molecule has 0 bridgehead atoms. The molecule has 6 heteroatoms. The molecule has 0 spiro atoms. The highest BCUT2D eigenvalue weighted by Crippen LogP contribution is 2.64. The fourth-order valence-corrected chi connectivity index (χ4v) is 7.06. The van der Waals surface area contributed by atoms with Gasteiger partial charge in [-0.25, -0.2) is 10.2 Å². The third-order valence-electron chi connectivity index (χ3n) is 8.43. The summed E-state index contributed by atoms with van der Waals surface area (Å²) in [6, 6.07) is -0.587. The number of nitrogens with one attached hydrogen (secondary N) is 1. The number of carbonyl (C=O) groups excluding carboxylic acids is 2. The van der Waals surface area contributed by atoms with Crippen molar-refractivity contribution in [3.8, 4) is 0 Å². The molecule has 0 saturated heterocycles. The van der Waals surface area contributed by atoms with Crippen LogP contribution in [0.4, 0.5) is 4.79 Å². The fourth-order valence-electron chi connectivity index (χ4n) is 7.06. The van der Waals surface area contributed by atoms with E-state index in [1.807, 2.05) is 0 Å². The second kappa shape index (κ2) is 6.89. The maximum absolute atomic E-state index is 11.4. The highest BCUT2D eigenvalue weighted by atomic mass is 16.5. The number of hydrazone groups is 1. The van der Waals surface area contributed by atoms with E-state index in [1.165, 1.54) is 18.9 Å². The van der Waals surface area contributed by atoms with Crippen molar-refractivity contribution >= 4 is 17.7 Å². The summed E-state index contributed by atoms with van der Waals surface area (Å²) >= 11 is 0. The zero-order valence-electron chi connectivity index (χ0n) is 17.3. The maximum Gasteiger partial charge on any atom is 0.332 e. The van der Waals surface area contributed by atoms with Crippen molar-refractivity contribution in [2.24, 2.45) is 39.4 Å². The first-order chi connectivity index (χ1) is 13.2. The van der Waals surface area contributed by atoms with Gasteiger partial charge in [0, 0.05) is 24.5 Å². The molecule has 154 valence electrons. The molecule has 0 unspecified atom stereocenters. The molecule has 2 amide bonds. The van der Waals surface area contributed by atoms with Gasteiger partial charge in [-0.2, -0.15) is 5.10 Å². The summed E-state index contributed by atoms with van der Waals surface area (Å²) in [5.41, 5.74) is 10.6. The second-order valence-corrected chi connectivity index (χ2v) is 9.76. The van der Waals surface area contributed by atoms with E-state index in [2.05, 4.69) is 30.5 Å². The largest absolute Gasteiger partial charge is 0.462 e. The number of allylic oxidation sites excluding steroid dienone is 1. The van der Waals surface area contributed by atoms with Crippen LogP contribution in [0.25, 0.3) is 0 Å². The Morgan fingerprint density at radius 1 is 1.18 bits per heavy atom. The number of primary amides is 1. The summed E-state index contributed by atoms with van der Waals surface area (Å²) in [6.07, 6.45) is 11.0. The van der Waals surface area contributed by atoms with Crippen LogP contribution < -0.4 is 11.2 Å². The van der Waals surface area contributed by atoms with Gasteiger partial charge in [0.25, 0.3) is 0 Å². The molecule has 28 heavy (non-hydrogen) atoms. The van der Waals surface area contributed by atoms with Crippen LogP contribution in [0.3, 0.4) is 0 Å². The number of carbonyl (C=O) groups is 2. The normalized spacial score (nSPS) is 43.4. The summed E-state index contributed by atoms with van der Waals surface area (Å²) in [5, 5.41) is 4.38. The quantitative estimate of drug-likeness (QED) is 0.427. The minimum Gasteiger partial charge on any atom is -0.462 e. The lowest BCUT2D eigenvalue weighted by molar-refractivity contribution is -0.148. The maximum atomic E-state index is 11.4. The highest BCUT2D eigenvalue weighted by molar-refractivity contribution is 5.93. The van der Waals surface area contributed by atoms with Crippen molar-refractivity contribution in [1.82, 2.24) is 5.43 Å². The first-order valence-corrected chi connectivity index (χ1v) is 10.7. The summed E-state index contributed by atoms with van der Waals surface area (Å²) in [4.78, 5) is 22.5. The van der Waals surface area contributed by atoms with Crippen LogP contribution in [-0.2, 0) is 9.53 Å². The predicted octanol–water partition coefficient (Wildman–Crippen LogP) is 3.91. The van der Waals surface area contributed by atoms with Crippen LogP contribution in [0.1, 0.15) is 72.1 Å². The van der Waals surface area contributed by atoms with E-state index in [0.717, 1.165) is 50.7 Å². The molecule has 0 aromatic heterocycles. The van der Waals surface area contributed by atoms with Crippen molar-refractivity contribution in [3.05, 3.63) is 11.6 Å². The van der Waals surface area contributed by atoms with Gasteiger partial charge < -0.3 is 10.5 Å². The van der Waals surface area contributed by atoms with Crippen molar-refractivity contribution < 1.29 is 14.3 Å². The Kier molecular flexibility index (Phi) is 4.79.